The molecule has 2 aromatic heterocycles. The van der Waals surface area contributed by atoms with Crippen LogP contribution in [0.4, 0.5) is 5.13 Å². The van der Waals surface area contributed by atoms with Gasteiger partial charge in [0.15, 0.2) is 10.8 Å². The lowest BCUT2D eigenvalue weighted by atomic mass is 10.2. The van der Waals surface area contributed by atoms with E-state index in [-0.39, 0.29) is 18.3 Å². The predicted molar refractivity (Wildman–Crippen MR) is 127 cm³/mol. The van der Waals surface area contributed by atoms with Crippen LogP contribution in [0, 0.1) is 6.92 Å². The molecule has 31 heavy (non-hydrogen) atoms. The normalized spacial score (nSPS) is 10.9. The average Bonchev–Trinajstić information content (AvgIpc) is 3.33. The molecule has 170 valence electrons. The molecule has 0 spiro atoms. The minimum atomic E-state index is -0.155. The minimum absolute atomic E-state index is 0. The molecule has 0 saturated carbocycles. The van der Waals surface area contributed by atoms with Gasteiger partial charge in [0.2, 0.25) is 0 Å². The molecule has 8 nitrogen and oxygen atoms in total. The third-order valence-electron chi connectivity index (χ3n) is 5.12. The number of aryl methyl sites for hydroxylation is 2. The van der Waals surface area contributed by atoms with Gasteiger partial charge < -0.3 is 14.4 Å². The molecule has 0 unspecified atom stereocenters. The summed E-state index contributed by atoms with van der Waals surface area (Å²) in [6, 6.07) is 3.68. The molecule has 1 aromatic carbocycles. The Kier molecular flexibility index (Phi) is 8.67. The number of hydrogen-bond acceptors (Lipinski definition) is 7. The Morgan fingerprint density at radius 2 is 1.77 bits per heavy atom. The van der Waals surface area contributed by atoms with Crippen LogP contribution in [0.5, 0.6) is 11.5 Å². The number of amides is 1. The highest BCUT2D eigenvalue weighted by atomic mass is 35.5. The van der Waals surface area contributed by atoms with Crippen LogP contribution in [0.1, 0.15) is 29.9 Å². The van der Waals surface area contributed by atoms with Gasteiger partial charge in [0.1, 0.15) is 21.7 Å². The quantitative estimate of drug-likeness (QED) is 0.477. The van der Waals surface area contributed by atoms with E-state index >= 15 is 0 Å². The lowest BCUT2D eigenvalue weighted by Gasteiger charge is -2.24. The number of methoxy groups -OCH3 is 2. The zero-order valence-corrected chi connectivity index (χ0v) is 20.5. The Morgan fingerprint density at radius 1 is 1.13 bits per heavy atom. The number of carbonyl (C=O) groups excluding carboxylic acids is 1. The van der Waals surface area contributed by atoms with Gasteiger partial charge in [0, 0.05) is 31.9 Å². The van der Waals surface area contributed by atoms with Crippen molar-refractivity contribution in [2.75, 3.05) is 45.3 Å². The molecular formula is C21H30ClN5O3S. The van der Waals surface area contributed by atoms with Gasteiger partial charge in [-0.15, -0.1) is 12.4 Å². The number of carbonyl (C=O) groups is 1. The molecule has 1 amide bonds. The van der Waals surface area contributed by atoms with Crippen LogP contribution in [0.2, 0.25) is 0 Å². The zero-order valence-electron chi connectivity index (χ0n) is 18.8. The molecule has 0 radical (unpaired) electrons. The standard InChI is InChI=1S/C21H29N5O3S.ClH/c1-7-25(8-2)11-12-26(20(27)17-14(3)13-24(4)23-17)21-22-18-15(28-5)9-10-16(29-6)19(18)30-21;/h9-10,13H,7-8,11-12H2,1-6H3;1H. The van der Waals surface area contributed by atoms with Crippen molar-refractivity contribution in [1.29, 1.82) is 0 Å². The summed E-state index contributed by atoms with van der Waals surface area (Å²) in [6.45, 7) is 9.23. The van der Waals surface area contributed by atoms with Crippen LogP contribution < -0.4 is 14.4 Å². The number of nitrogens with zero attached hydrogens (tertiary/aromatic N) is 5. The Labute approximate surface area is 193 Å². The maximum absolute atomic E-state index is 13.5. The first kappa shape index (κ1) is 24.9. The van der Waals surface area contributed by atoms with E-state index in [1.165, 1.54) is 11.3 Å². The number of benzene rings is 1. The average molecular weight is 468 g/mol. The van der Waals surface area contributed by atoms with Crippen molar-refractivity contribution in [3.05, 3.63) is 29.6 Å². The number of halogens is 1. The maximum atomic E-state index is 13.5. The summed E-state index contributed by atoms with van der Waals surface area (Å²) in [4.78, 5) is 22.3. The third-order valence-corrected chi connectivity index (χ3v) is 6.22. The van der Waals surface area contributed by atoms with E-state index in [1.54, 1.807) is 23.8 Å². The molecule has 10 heteroatoms. The van der Waals surface area contributed by atoms with Gasteiger partial charge in [-0.25, -0.2) is 4.98 Å². The zero-order chi connectivity index (χ0) is 21.8. The van der Waals surface area contributed by atoms with Crippen LogP contribution >= 0.6 is 23.7 Å². The second-order valence-electron chi connectivity index (χ2n) is 6.96. The topological polar surface area (TPSA) is 72.7 Å². The Morgan fingerprint density at radius 3 is 2.32 bits per heavy atom. The molecule has 3 rings (SSSR count). The number of rotatable bonds is 9. The predicted octanol–water partition coefficient (Wildman–Crippen LogP) is 3.77. The van der Waals surface area contributed by atoms with E-state index in [9.17, 15) is 4.79 Å². The van der Waals surface area contributed by atoms with Crippen molar-refractivity contribution in [3.63, 3.8) is 0 Å². The second kappa shape index (κ2) is 10.8. The van der Waals surface area contributed by atoms with Crippen LogP contribution in [0.25, 0.3) is 10.2 Å². The summed E-state index contributed by atoms with van der Waals surface area (Å²) in [5.41, 5.74) is 1.97. The van der Waals surface area contributed by atoms with E-state index in [0.717, 1.165) is 29.9 Å². The third kappa shape index (κ3) is 5.11. The first-order chi connectivity index (χ1) is 14.4. The van der Waals surface area contributed by atoms with E-state index in [2.05, 4.69) is 23.8 Å². The molecular weight excluding hydrogens is 438 g/mol. The van der Waals surface area contributed by atoms with E-state index in [4.69, 9.17) is 14.5 Å². The van der Waals surface area contributed by atoms with Gasteiger partial charge in [0.25, 0.3) is 5.91 Å². The molecule has 0 fully saturated rings. The van der Waals surface area contributed by atoms with E-state index < -0.39 is 0 Å². The highest BCUT2D eigenvalue weighted by Crippen LogP contribution is 2.40. The summed E-state index contributed by atoms with van der Waals surface area (Å²) in [7, 11) is 5.05. The molecule has 0 atom stereocenters. The molecule has 0 N–H and O–H groups in total. The highest BCUT2D eigenvalue weighted by Gasteiger charge is 2.26. The highest BCUT2D eigenvalue weighted by molar-refractivity contribution is 7.22. The van der Waals surface area contributed by atoms with Crippen molar-refractivity contribution in [2.45, 2.75) is 20.8 Å². The van der Waals surface area contributed by atoms with Crippen molar-refractivity contribution in [1.82, 2.24) is 19.7 Å². The smallest absolute Gasteiger partial charge is 0.280 e. The fourth-order valence-electron chi connectivity index (χ4n) is 3.40. The molecule has 0 aliphatic heterocycles. The molecule has 2 heterocycles. The van der Waals surface area contributed by atoms with Gasteiger partial charge in [-0.05, 0) is 32.1 Å². The Bertz CT molecular complexity index is 991. The van der Waals surface area contributed by atoms with Crippen molar-refractivity contribution in [3.8, 4) is 11.5 Å². The van der Waals surface area contributed by atoms with Gasteiger partial charge in [-0.2, -0.15) is 5.10 Å². The summed E-state index contributed by atoms with van der Waals surface area (Å²) < 4.78 is 13.5. The number of aromatic nitrogens is 3. The largest absolute Gasteiger partial charge is 0.495 e. The van der Waals surface area contributed by atoms with Gasteiger partial charge in [0.05, 0.1) is 14.2 Å². The maximum Gasteiger partial charge on any atom is 0.280 e. The number of likely N-dealkylation sites (N-methyl/N-ethyl adjacent to an activating group) is 1. The van der Waals surface area contributed by atoms with Crippen LogP contribution in [0.3, 0.4) is 0 Å². The van der Waals surface area contributed by atoms with Crippen molar-refractivity contribution < 1.29 is 14.3 Å². The fourth-order valence-corrected chi connectivity index (χ4v) is 4.50. The van der Waals surface area contributed by atoms with Crippen LogP contribution in [0.15, 0.2) is 18.3 Å². The second-order valence-corrected chi connectivity index (χ2v) is 7.94. The molecule has 0 aliphatic carbocycles. The summed E-state index contributed by atoms with van der Waals surface area (Å²) in [5, 5.41) is 4.99. The van der Waals surface area contributed by atoms with Gasteiger partial charge in [-0.1, -0.05) is 25.2 Å². The lowest BCUT2D eigenvalue weighted by molar-refractivity contribution is 0.0977. The van der Waals surface area contributed by atoms with E-state index in [0.29, 0.717) is 34.4 Å². The minimum Gasteiger partial charge on any atom is -0.495 e. The van der Waals surface area contributed by atoms with Gasteiger partial charge in [-0.3, -0.25) is 14.4 Å². The fraction of sp³-hybridized carbons (Fsp3) is 0.476. The monoisotopic (exact) mass is 467 g/mol. The summed E-state index contributed by atoms with van der Waals surface area (Å²) in [5.74, 6) is 1.20. The van der Waals surface area contributed by atoms with E-state index in [1.807, 2.05) is 32.3 Å². The number of fused-ring (bicyclic) bond motifs is 1. The Hall–Kier alpha value is -2.36. The molecule has 0 bridgehead atoms. The van der Waals surface area contributed by atoms with Crippen LogP contribution in [-0.4, -0.2) is 66.0 Å². The molecule has 0 saturated heterocycles. The summed E-state index contributed by atoms with van der Waals surface area (Å²) >= 11 is 1.42. The number of thiazole rings is 1. The number of anilines is 1. The molecule has 3 aromatic rings. The number of ether oxygens (including phenoxy) is 2. The molecule has 0 aliphatic rings. The first-order valence-corrected chi connectivity index (χ1v) is 10.8. The number of hydrogen-bond donors (Lipinski definition) is 0. The van der Waals surface area contributed by atoms with Crippen molar-refractivity contribution >= 4 is 45.0 Å². The first-order valence-electron chi connectivity index (χ1n) is 9.99. The van der Waals surface area contributed by atoms with Crippen LogP contribution in [-0.2, 0) is 7.05 Å². The van der Waals surface area contributed by atoms with Crippen molar-refractivity contribution in [2.24, 2.45) is 7.05 Å². The Balaban J connectivity index is 0.00000341. The van der Waals surface area contributed by atoms with Gasteiger partial charge >= 0.3 is 0 Å². The summed E-state index contributed by atoms with van der Waals surface area (Å²) in [6.07, 6.45) is 1.85. The SMILES string of the molecule is CCN(CC)CCN(C(=O)c1nn(C)cc1C)c1nc2c(OC)ccc(OC)c2s1.Cl. The lowest BCUT2D eigenvalue weighted by Crippen LogP contribution is -2.39.